The van der Waals surface area contributed by atoms with Gasteiger partial charge in [0.1, 0.15) is 12.4 Å². The number of rotatable bonds is 5. The average Bonchev–Trinajstić information content (AvgIpc) is 2.87. The third-order valence-electron chi connectivity index (χ3n) is 3.76. The van der Waals surface area contributed by atoms with E-state index in [0.717, 1.165) is 19.5 Å². The molecule has 0 saturated carbocycles. The lowest BCUT2D eigenvalue weighted by molar-refractivity contribution is -0.148. The van der Waals surface area contributed by atoms with Crippen LogP contribution < -0.4 is 4.74 Å². The Morgan fingerprint density at radius 1 is 1.50 bits per heavy atom. The highest BCUT2D eigenvalue weighted by molar-refractivity contribution is 6.32. The zero-order valence-electron chi connectivity index (χ0n) is 11.8. The number of hydrogen-bond donors (Lipinski definition) is 0. The van der Waals surface area contributed by atoms with Crippen molar-refractivity contribution in [3.8, 4) is 5.75 Å². The molecule has 1 aliphatic rings. The molecule has 0 N–H and O–H groups in total. The minimum atomic E-state index is -0.249. The second kappa shape index (κ2) is 6.95. The number of ether oxygens (including phenoxy) is 2. The van der Waals surface area contributed by atoms with Gasteiger partial charge in [-0.1, -0.05) is 23.7 Å². The van der Waals surface area contributed by atoms with Crippen LogP contribution in [-0.2, 0) is 9.53 Å². The van der Waals surface area contributed by atoms with Crippen LogP contribution in [0.3, 0.4) is 0 Å². The first-order valence-corrected chi connectivity index (χ1v) is 7.13. The number of para-hydroxylation sites is 1. The first kappa shape index (κ1) is 15.1. The van der Waals surface area contributed by atoms with Crippen molar-refractivity contribution >= 4 is 17.6 Å². The Morgan fingerprint density at radius 3 is 2.85 bits per heavy atom. The van der Waals surface area contributed by atoms with Crippen molar-refractivity contribution in [3.63, 3.8) is 0 Å². The molecule has 20 heavy (non-hydrogen) atoms. The lowest BCUT2D eigenvalue weighted by atomic mass is 9.92. The molecule has 0 aromatic heterocycles. The molecule has 0 spiro atoms. The number of halogens is 1. The van der Waals surface area contributed by atoms with Crippen LogP contribution >= 0.6 is 11.6 Å². The Labute approximate surface area is 124 Å². The van der Waals surface area contributed by atoms with Gasteiger partial charge >= 0.3 is 5.97 Å². The van der Waals surface area contributed by atoms with E-state index >= 15 is 0 Å². The lowest BCUT2D eigenvalue weighted by Crippen LogP contribution is -2.32. The molecular weight excluding hydrogens is 278 g/mol. The van der Waals surface area contributed by atoms with Gasteiger partial charge in [0.2, 0.25) is 0 Å². The Bertz CT molecular complexity index is 466. The SMILES string of the molecule is COC(=O)C(COc1ccccc1Cl)C1CCN(C)C1. The van der Waals surface area contributed by atoms with E-state index < -0.39 is 0 Å². The van der Waals surface area contributed by atoms with E-state index in [9.17, 15) is 4.79 Å². The van der Waals surface area contributed by atoms with E-state index in [0.29, 0.717) is 17.4 Å². The fourth-order valence-electron chi connectivity index (χ4n) is 2.59. The molecule has 5 heteroatoms. The number of methoxy groups -OCH3 is 1. The first-order chi connectivity index (χ1) is 9.61. The van der Waals surface area contributed by atoms with Crippen LogP contribution in [0.1, 0.15) is 6.42 Å². The standard InChI is InChI=1S/C15H20ClNO3/c1-17-8-7-11(9-17)12(15(18)19-2)10-20-14-6-4-3-5-13(14)16/h3-6,11-12H,7-10H2,1-2H3. The minimum Gasteiger partial charge on any atom is -0.491 e. The van der Waals surface area contributed by atoms with E-state index in [1.807, 2.05) is 12.1 Å². The summed E-state index contributed by atoms with van der Waals surface area (Å²) in [7, 11) is 3.48. The van der Waals surface area contributed by atoms with Gasteiger partial charge in [0, 0.05) is 6.54 Å². The van der Waals surface area contributed by atoms with Crippen LogP contribution in [-0.4, -0.2) is 44.7 Å². The molecule has 1 fully saturated rings. The van der Waals surface area contributed by atoms with Crippen molar-refractivity contribution in [3.05, 3.63) is 29.3 Å². The Balaban J connectivity index is 2.01. The zero-order chi connectivity index (χ0) is 14.5. The molecule has 1 heterocycles. The highest BCUT2D eigenvalue weighted by Crippen LogP contribution is 2.28. The van der Waals surface area contributed by atoms with Crippen LogP contribution in [0, 0.1) is 11.8 Å². The van der Waals surface area contributed by atoms with Crippen LogP contribution in [0.5, 0.6) is 5.75 Å². The molecule has 0 aliphatic carbocycles. The van der Waals surface area contributed by atoms with Gasteiger partial charge in [0.05, 0.1) is 18.1 Å². The van der Waals surface area contributed by atoms with E-state index in [2.05, 4.69) is 11.9 Å². The molecule has 110 valence electrons. The molecule has 1 aromatic rings. The fourth-order valence-corrected chi connectivity index (χ4v) is 2.78. The van der Waals surface area contributed by atoms with Gasteiger partial charge in [0.15, 0.2) is 0 Å². The molecule has 0 radical (unpaired) electrons. The third-order valence-corrected chi connectivity index (χ3v) is 4.07. The normalized spacial score (nSPS) is 20.6. The first-order valence-electron chi connectivity index (χ1n) is 6.75. The number of carbonyl (C=O) groups excluding carboxylic acids is 1. The second-order valence-electron chi connectivity index (χ2n) is 5.18. The van der Waals surface area contributed by atoms with E-state index in [1.165, 1.54) is 7.11 Å². The fraction of sp³-hybridized carbons (Fsp3) is 0.533. The summed E-state index contributed by atoms with van der Waals surface area (Å²) >= 11 is 6.05. The maximum absolute atomic E-state index is 12.0. The summed E-state index contributed by atoms with van der Waals surface area (Å²) in [4.78, 5) is 14.2. The number of nitrogens with zero attached hydrogens (tertiary/aromatic N) is 1. The van der Waals surface area contributed by atoms with Gasteiger partial charge in [-0.25, -0.2) is 0 Å². The zero-order valence-corrected chi connectivity index (χ0v) is 12.6. The molecule has 2 unspecified atom stereocenters. The Kier molecular flexibility index (Phi) is 5.26. The van der Waals surface area contributed by atoms with Gasteiger partial charge in [-0.15, -0.1) is 0 Å². The molecule has 4 nitrogen and oxygen atoms in total. The molecular formula is C15H20ClNO3. The van der Waals surface area contributed by atoms with Gasteiger partial charge in [-0.3, -0.25) is 4.79 Å². The Morgan fingerprint density at radius 2 is 2.25 bits per heavy atom. The van der Waals surface area contributed by atoms with Crippen molar-refractivity contribution in [2.24, 2.45) is 11.8 Å². The van der Waals surface area contributed by atoms with Crippen molar-refractivity contribution < 1.29 is 14.3 Å². The van der Waals surface area contributed by atoms with Gasteiger partial charge in [-0.05, 0) is 38.1 Å². The molecule has 0 bridgehead atoms. The summed E-state index contributed by atoms with van der Waals surface area (Å²) in [5.41, 5.74) is 0. The summed E-state index contributed by atoms with van der Waals surface area (Å²) in [5.74, 6) is 0.419. The van der Waals surface area contributed by atoms with Crippen LogP contribution in [0.4, 0.5) is 0 Å². The van der Waals surface area contributed by atoms with Crippen molar-refractivity contribution in [2.45, 2.75) is 6.42 Å². The van der Waals surface area contributed by atoms with E-state index in [-0.39, 0.29) is 17.8 Å². The van der Waals surface area contributed by atoms with Crippen molar-refractivity contribution in [1.29, 1.82) is 0 Å². The van der Waals surface area contributed by atoms with Gasteiger partial charge < -0.3 is 14.4 Å². The summed E-state index contributed by atoms with van der Waals surface area (Å²) < 4.78 is 10.6. The predicted molar refractivity (Wildman–Crippen MR) is 78.1 cm³/mol. The molecule has 1 aliphatic heterocycles. The quantitative estimate of drug-likeness (QED) is 0.783. The molecule has 2 atom stereocenters. The monoisotopic (exact) mass is 297 g/mol. The molecule has 1 saturated heterocycles. The largest absolute Gasteiger partial charge is 0.491 e. The molecule has 2 rings (SSSR count). The number of benzene rings is 1. The predicted octanol–water partition coefficient (Wildman–Crippen LogP) is 2.46. The summed E-state index contributed by atoms with van der Waals surface area (Å²) in [6.07, 6.45) is 0.988. The van der Waals surface area contributed by atoms with Gasteiger partial charge in [-0.2, -0.15) is 0 Å². The Hall–Kier alpha value is -1.26. The second-order valence-corrected chi connectivity index (χ2v) is 5.59. The smallest absolute Gasteiger partial charge is 0.312 e. The number of hydrogen-bond acceptors (Lipinski definition) is 4. The van der Waals surface area contributed by atoms with Crippen LogP contribution in [0.15, 0.2) is 24.3 Å². The number of likely N-dealkylation sites (tertiary alicyclic amines) is 1. The highest BCUT2D eigenvalue weighted by atomic mass is 35.5. The average molecular weight is 298 g/mol. The minimum absolute atomic E-state index is 0.211. The van der Waals surface area contributed by atoms with Crippen LogP contribution in [0.25, 0.3) is 0 Å². The van der Waals surface area contributed by atoms with Crippen molar-refractivity contribution in [2.75, 3.05) is 33.9 Å². The number of esters is 1. The topological polar surface area (TPSA) is 38.8 Å². The van der Waals surface area contributed by atoms with E-state index in [4.69, 9.17) is 21.1 Å². The van der Waals surface area contributed by atoms with Crippen LogP contribution in [0.2, 0.25) is 5.02 Å². The van der Waals surface area contributed by atoms with Crippen molar-refractivity contribution in [1.82, 2.24) is 4.90 Å². The van der Waals surface area contributed by atoms with Gasteiger partial charge in [0.25, 0.3) is 0 Å². The highest BCUT2D eigenvalue weighted by Gasteiger charge is 2.34. The summed E-state index contributed by atoms with van der Waals surface area (Å²) in [5, 5.41) is 0.555. The van der Waals surface area contributed by atoms with E-state index in [1.54, 1.807) is 12.1 Å². The summed E-state index contributed by atoms with van der Waals surface area (Å²) in [6, 6.07) is 7.28. The molecule has 0 amide bonds. The maximum Gasteiger partial charge on any atom is 0.312 e. The lowest BCUT2D eigenvalue weighted by Gasteiger charge is -2.21. The summed E-state index contributed by atoms with van der Waals surface area (Å²) in [6.45, 7) is 2.20. The third kappa shape index (κ3) is 3.64. The maximum atomic E-state index is 12.0. The number of carbonyl (C=O) groups is 1. The molecule has 1 aromatic carbocycles.